The maximum atomic E-state index is 5.38. The van der Waals surface area contributed by atoms with Crippen molar-refractivity contribution in [2.24, 2.45) is 0 Å². The lowest BCUT2D eigenvalue weighted by molar-refractivity contribution is 0.324. The summed E-state index contributed by atoms with van der Waals surface area (Å²) in [6, 6.07) is 5.42. The molecule has 0 aliphatic rings. The molecule has 0 spiro atoms. The lowest BCUT2D eigenvalue weighted by Crippen LogP contribution is -2.04. The third-order valence-corrected chi connectivity index (χ3v) is 3.59. The highest BCUT2D eigenvalue weighted by Gasteiger charge is 2.14. The van der Waals surface area contributed by atoms with Crippen LogP contribution in [0.15, 0.2) is 36.8 Å². The molecular weight excluding hydrogens is 348 g/mol. The van der Waals surface area contributed by atoms with E-state index in [0.29, 0.717) is 34.8 Å². The first kappa shape index (κ1) is 18.2. The first-order chi connectivity index (χ1) is 13.1. The Morgan fingerprint density at radius 1 is 0.815 bits per heavy atom. The number of aromatic nitrogens is 4. The van der Waals surface area contributed by atoms with Crippen molar-refractivity contribution in [2.45, 2.75) is 6.92 Å². The summed E-state index contributed by atoms with van der Waals surface area (Å²) in [5.41, 5.74) is 1.51. The van der Waals surface area contributed by atoms with E-state index in [0.717, 1.165) is 11.4 Å². The van der Waals surface area contributed by atoms with E-state index in [4.69, 9.17) is 14.2 Å². The van der Waals surface area contributed by atoms with Gasteiger partial charge in [0.2, 0.25) is 11.7 Å². The molecule has 9 nitrogen and oxygen atoms in total. The van der Waals surface area contributed by atoms with Crippen LogP contribution in [0.4, 0.5) is 23.3 Å². The number of rotatable bonds is 7. The van der Waals surface area contributed by atoms with E-state index in [1.807, 2.05) is 13.0 Å². The van der Waals surface area contributed by atoms with Gasteiger partial charge in [0.25, 0.3) is 0 Å². The molecule has 0 amide bonds. The molecular formula is C18H20N6O3. The molecule has 0 fully saturated rings. The third-order valence-electron chi connectivity index (χ3n) is 3.59. The Morgan fingerprint density at radius 2 is 1.56 bits per heavy atom. The summed E-state index contributed by atoms with van der Waals surface area (Å²) in [5.74, 6) is 3.18. The first-order valence-corrected chi connectivity index (χ1v) is 8.08. The number of benzene rings is 1. The van der Waals surface area contributed by atoms with Crippen molar-refractivity contribution in [1.29, 1.82) is 0 Å². The van der Waals surface area contributed by atoms with Crippen molar-refractivity contribution in [1.82, 2.24) is 19.9 Å². The van der Waals surface area contributed by atoms with Gasteiger partial charge in [0, 0.05) is 42.0 Å². The van der Waals surface area contributed by atoms with Gasteiger partial charge in [-0.1, -0.05) is 0 Å². The zero-order chi connectivity index (χ0) is 19.2. The lowest BCUT2D eigenvalue weighted by atomic mass is 10.2. The topological polar surface area (TPSA) is 103 Å². The van der Waals surface area contributed by atoms with Crippen LogP contribution in [-0.4, -0.2) is 41.3 Å². The highest BCUT2D eigenvalue weighted by molar-refractivity contribution is 5.67. The van der Waals surface area contributed by atoms with E-state index in [2.05, 4.69) is 30.6 Å². The number of methoxy groups -OCH3 is 3. The first-order valence-electron chi connectivity index (χ1n) is 8.08. The fourth-order valence-corrected chi connectivity index (χ4v) is 2.47. The van der Waals surface area contributed by atoms with Crippen LogP contribution in [-0.2, 0) is 0 Å². The van der Waals surface area contributed by atoms with Crippen LogP contribution in [0.1, 0.15) is 5.69 Å². The van der Waals surface area contributed by atoms with E-state index in [9.17, 15) is 0 Å². The molecule has 2 N–H and O–H groups in total. The molecule has 9 heteroatoms. The second-order valence-electron chi connectivity index (χ2n) is 5.47. The Bertz CT molecular complexity index is 895. The molecule has 0 unspecified atom stereocenters. The molecule has 1 aromatic carbocycles. The number of nitrogens with zero attached hydrogens (tertiary/aromatic N) is 4. The number of hydrogen-bond donors (Lipinski definition) is 2. The number of anilines is 4. The Balaban J connectivity index is 1.89. The molecule has 140 valence electrons. The molecule has 0 radical (unpaired) electrons. The minimum absolute atomic E-state index is 0.408. The van der Waals surface area contributed by atoms with E-state index >= 15 is 0 Å². The van der Waals surface area contributed by atoms with Crippen molar-refractivity contribution < 1.29 is 14.2 Å². The molecule has 2 aromatic heterocycles. The number of hydrogen-bond acceptors (Lipinski definition) is 9. The van der Waals surface area contributed by atoms with Crippen molar-refractivity contribution >= 4 is 23.3 Å². The summed E-state index contributed by atoms with van der Waals surface area (Å²) in [6.45, 7) is 1.88. The van der Waals surface area contributed by atoms with Gasteiger partial charge in [-0.2, -0.15) is 4.98 Å². The van der Waals surface area contributed by atoms with Crippen molar-refractivity contribution in [2.75, 3.05) is 32.0 Å². The van der Waals surface area contributed by atoms with Gasteiger partial charge in [0.1, 0.15) is 5.82 Å². The zero-order valence-corrected chi connectivity index (χ0v) is 15.5. The summed E-state index contributed by atoms with van der Waals surface area (Å²) < 4.78 is 16.1. The van der Waals surface area contributed by atoms with Gasteiger partial charge in [-0.3, -0.25) is 4.98 Å². The van der Waals surface area contributed by atoms with Crippen LogP contribution >= 0.6 is 0 Å². The number of nitrogens with one attached hydrogen (secondary N) is 2. The summed E-state index contributed by atoms with van der Waals surface area (Å²) in [7, 11) is 4.70. The minimum Gasteiger partial charge on any atom is -0.493 e. The van der Waals surface area contributed by atoms with Gasteiger partial charge in [-0.15, -0.1) is 0 Å². The normalized spacial score (nSPS) is 10.2. The predicted molar refractivity (Wildman–Crippen MR) is 101 cm³/mol. The Hall–Kier alpha value is -3.62. The van der Waals surface area contributed by atoms with Gasteiger partial charge in [0.15, 0.2) is 17.3 Å². The van der Waals surface area contributed by atoms with Crippen LogP contribution in [0.25, 0.3) is 0 Å². The Labute approximate surface area is 156 Å². The quantitative estimate of drug-likeness (QED) is 0.651. The average Bonchev–Trinajstić information content (AvgIpc) is 2.67. The fourth-order valence-electron chi connectivity index (χ4n) is 2.47. The second-order valence-corrected chi connectivity index (χ2v) is 5.47. The van der Waals surface area contributed by atoms with Crippen LogP contribution in [0.3, 0.4) is 0 Å². The number of aryl methyl sites for hydroxylation is 1. The molecule has 3 aromatic rings. The standard InChI is InChI=1S/C18H20N6O3/c1-11-7-15(23-18(21-11)24-16-10-19-5-6-20-16)22-12-8-13(25-2)17(27-4)14(9-12)26-3/h5-10H,1-4H3,(H2,20,21,22,23,24). The van der Waals surface area contributed by atoms with Crippen LogP contribution in [0.2, 0.25) is 0 Å². The van der Waals surface area contributed by atoms with E-state index in [-0.39, 0.29) is 0 Å². The molecule has 0 aliphatic heterocycles. The average molecular weight is 368 g/mol. The van der Waals surface area contributed by atoms with Crippen LogP contribution < -0.4 is 24.8 Å². The van der Waals surface area contributed by atoms with Crippen LogP contribution in [0.5, 0.6) is 17.2 Å². The SMILES string of the molecule is COc1cc(Nc2cc(C)nc(Nc3cnccn3)n2)cc(OC)c1OC. The summed E-state index contributed by atoms with van der Waals surface area (Å²) in [4.78, 5) is 17.0. The Morgan fingerprint density at radius 3 is 2.15 bits per heavy atom. The van der Waals surface area contributed by atoms with Crippen molar-refractivity contribution in [3.8, 4) is 17.2 Å². The monoisotopic (exact) mass is 368 g/mol. The van der Waals surface area contributed by atoms with Crippen molar-refractivity contribution in [3.05, 3.63) is 42.5 Å². The van der Waals surface area contributed by atoms with Gasteiger partial charge >= 0.3 is 0 Å². The number of ether oxygens (including phenoxy) is 3. The maximum absolute atomic E-state index is 5.38. The van der Waals surface area contributed by atoms with Gasteiger partial charge in [-0.05, 0) is 6.92 Å². The molecule has 0 aliphatic carbocycles. The fraction of sp³-hybridized carbons (Fsp3) is 0.222. The van der Waals surface area contributed by atoms with Crippen molar-refractivity contribution in [3.63, 3.8) is 0 Å². The lowest BCUT2D eigenvalue weighted by Gasteiger charge is -2.15. The minimum atomic E-state index is 0.408. The van der Waals surface area contributed by atoms with Gasteiger partial charge in [-0.25, -0.2) is 9.97 Å². The summed E-state index contributed by atoms with van der Waals surface area (Å²) in [6.07, 6.45) is 4.78. The Kier molecular flexibility index (Phi) is 5.50. The smallest absolute Gasteiger partial charge is 0.230 e. The summed E-state index contributed by atoms with van der Waals surface area (Å²) >= 11 is 0. The zero-order valence-electron chi connectivity index (χ0n) is 15.5. The highest BCUT2D eigenvalue weighted by atomic mass is 16.5. The van der Waals surface area contributed by atoms with E-state index < -0.39 is 0 Å². The predicted octanol–water partition coefficient (Wildman–Crippen LogP) is 3.09. The van der Waals surface area contributed by atoms with E-state index in [1.165, 1.54) is 0 Å². The van der Waals surface area contributed by atoms with Gasteiger partial charge < -0.3 is 24.8 Å². The molecule has 0 atom stereocenters. The molecule has 3 rings (SSSR count). The molecule has 0 bridgehead atoms. The molecule has 0 saturated heterocycles. The highest BCUT2D eigenvalue weighted by Crippen LogP contribution is 2.40. The van der Waals surface area contributed by atoms with E-state index in [1.54, 1.807) is 52.1 Å². The molecule has 27 heavy (non-hydrogen) atoms. The van der Waals surface area contributed by atoms with Crippen LogP contribution in [0, 0.1) is 6.92 Å². The second kappa shape index (κ2) is 8.17. The summed E-state index contributed by atoms with van der Waals surface area (Å²) in [5, 5.41) is 6.26. The third kappa shape index (κ3) is 4.32. The van der Waals surface area contributed by atoms with Gasteiger partial charge in [0.05, 0.1) is 27.5 Å². The molecule has 2 heterocycles. The molecule has 0 saturated carbocycles. The largest absolute Gasteiger partial charge is 0.493 e. The maximum Gasteiger partial charge on any atom is 0.230 e.